The monoisotopic (exact) mass is 377 g/mol. The maximum atomic E-state index is 2.31. The molecule has 0 fully saturated rings. The van der Waals surface area contributed by atoms with Crippen molar-refractivity contribution in [1.29, 1.82) is 0 Å². The summed E-state index contributed by atoms with van der Waals surface area (Å²) in [4.78, 5) is 0. The molecule has 2 atom stereocenters. The summed E-state index contributed by atoms with van der Waals surface area (Å²) in [7, 11) is 0. The van der Waals surface area contributed by atoms with Gasteiger partial charge >= 0.3 is 0 Å². The SMILES string of the molecule is C[C@@H](c1cccc2ccccc12)n1cc[n+]([C@@H](C)c2cccc3ccccc23)c1. The second-order valence-electron chi connectivity index (χ2n) is 7.80. The van der Waals surface area contributed by atoms with Crippen LogP contribution >= 0.6 is 0 Å². The molecule has 29 heavy (non-hydrogen) atoms. The molecule has 0 N–H and O–H groups in total. The highest BCUT2D eigenvalue weighted by Gasteiger charge is 2.20. The topological polar surface area (TPSA) is 8.81 Å². The predicted molar refractivity (Wildman–Crippen MR) is 120 cm³/mol. The second kappa shape index (κ2) is 7.21. The van der Waals surface area contributed by atoms with E-state index in [0.29, 0.717) is 0 Å². The van der Waals surface area contributed by atoms with Crippen LogP contribution in [0.25, 0.3) is 21.5 Å². The van der Waals surface area contributed by atoms with Gasteiger partial charge in [0, 0.05) is 11.1 Å². The lowest BCUT2D eigenvalue weighted by molar-refractivity contribution is -0.709. The zero-order valence-electron chi connectivity index (χ0n) is 16.9. The van der Waals surface area contributed by atoms with E-state index in [1.807, 2.05) is 0 Å². The normalized spacial score (nSPS) is 13.6. The molecule has 0 aliphatic rings. The van der Waals surface area contributed by atoms with E-state index in [1.54, 1.807) is 0 Å². The summed E-state index contributed by atoms with van der Waals surface area (Å²) in [5, 5.41) is 5.23. The van der Waals surface area contributed by atoms with Crippen LogP contribution in [-0.4, -0.2) is 4.57 Å². The molecule has 142 valence electrons. The maximum Gasteiger partial charge on any atom is 0.244 e. The van der Waals surface area contributed by atoms with Gasteiger partial charge < -0.3 is 0 Å². The summed E-state index contributed by atoms with van der Waals surface area (Å²) in [6.45, 7) is 4.55. The number of imidazole rings is 1. The number of benzene rings is 4. The number of hydrogen-bond acceptors (Lipinski definition) is 0. The molecule has 0 saturated carbocycles. The standard InChI is InChI=1S/C27H25N2/c1-20(24-15-7-11-22-9-3-5-13-26(22)24)28-17-18-29(19-28)21(2)25-16-8-12-23-10-4-6-14-27(23)25/h3-21H,1-2H3/q+1/t20-,21-/m0/s1. The minimum absolute atomic E-state index is 0.266. The van der Waals surface area contributed by atoms with Crippen LogP contribution < -0.4 is 4.57 Å². The second-order valence-corrected chi connectivity index (χ2v) is 7.80. The zero-order valence-corrected chi connectivity index (χ0v) is 16.9. The Morgan fingerprint density at radius 1 is 0.655 bits per heavy atom. The fraction of sp³-hybridized carbons (Fsp3) is 0.148. The van der Waals surface area contributed by atoms with Gasteiger partial charge in [0.25, 0.3) is 0 Å². The van der Waals surface area contributed by atoms with Gasteiger partial charge in [-0.2, -0.15) is 0 Å². The number of aromatic nitrogens is 2. The highest BCUT2D eigenvalue weighted by atomic mass is 15.1. The van der Waals surface area contributed by atoms with Crippen molar-refractivity contribution in [2.75, 3.05) is 0 Å². The first-order chi connectivity index (χ1) is 14.2. The quantitative estimate of drug-likeness (QED) is 0.325. The summed E-state index contributed by atoms with van der Waals surface area (Å²) in [6, 6.07) is 31.0. The van der Waals surface area contributed by atoms with Crippen LogP contribution in [-0.2, 0) is 0 Å². The average molecular weight is 378 g/mol. The van der Waals surface area contributed by atoms with Gasteiger partial charge in [0.05, 0.1) is 0 Å². The van der Waals surface area contributed by atoms with Crippen LogP contribution in [0.2, 0.25) is 0 Å². The van der Waals surface area contributed by atoms with E-state index in [9.17, 15) is 0 Å². The van der Waals surface area contributed by atoms with E-state index in [0.717, 1.165) is 0 Å². The molecule has 1 aromatic heterocycles. The molecule has 0 spiro atoms. The van der Waals surface area contributed by atoms with Gasteiger partial charge in [-0.05, 0) is 35.4 Å². The first kappa shape index (κ1) is 17.7. The number of hydrogen-bond donors (Lipinski definition) is 0. The molecule has 0 radical (unpaired) electrons. The van der Waals surface area contributed by atoms with E-state index < -0.39 is 0 Å². The van der Waals surface area contributed by atoms with Crippen molar-refractivity contribution in [1.82, 2.24) is 4.57 Å². The van der Waals surface area contributed by atoms with Crippen LogP contribution in [0, 0.1) is 0 Å². The van der Waals surface area contributed by atoms with E-state index in [1.165, 1.54) is 32.7 Å². The van der Waals surface area contributed by atoms with Gasteiger partial charge in [0.2, 0.25) is 6.33 Å². The molecule has 0 aliphatic heterocycles. The summed E-state index contributed by atoms with van der Waals surface area (Å²) < 4.78 is 4.62. The van der Waals surface area contributed by atoms with Crippen molar-refractivity contribution >= 4 is 21.5 Å². The van der Waals surface area contributed by atoms with Crippen LogP contribution in [0.3, 0.4) is 0 Å². The minimum Gasteiger partial charge on any atom is -0.230 e. The Morgan fingerprint density at radius 2 is 1.21 bits per heavy atom. The molecule has 2 heteroatoms. The molecule has 4 aromatic carbocycles. The summed E-state index contributed by atoms with van der Waals surface area (Å²) >= 11 is 0. The van der Waals surface area contributed by atoms with Crippen LogP contribution in [0.5, 0.6) is 0 Å². The van der Waals surface area contributed by atoms with Gasteiger partial charge in [-0.25, -0.2) is 9.13 Å². The lowest BCUT2D eigenvalue weighted by atomic mass is 9.99. The molecule has 2 nitrogen and oxygen atoms in total. The minimum atomic E-state index is 0.266. The predicted octanol–water partition coefficient (Wildman–Crippen LogP) is 6.30. The van der Waals surface area contributed by atoms with Gasteiger partial charge in [-0.1, -0.05) is 84.9 Å². The van der Waals surface area contributed by atoms with Crippen molar-refractivity contribution in [3.8, 4) is 0 Å². The molecular formula is C27H25N2+. The van der Waals surface area contributed by atoms with Gasteiger partial charge in [-0.15, -0.1) is 0 Å². The van der Waals surface area contributed by atoms with Gasteiger partial charge in [0.1, 0.15) is 24.5 Å². The Balaban J connectivity index is 1.51. The number of rotatable bonds is 4. The lowest BCUT2D eigenvalue weighted by Crippen LogP contribution is -2.36. The summed E-state index contributed by atoms with van der Waals surface area (Å²) in [6.07, 6.45) is 6.61. The fourth-order valence-electron chi connectivity index (χ4n) is 4.39. The highest BCUT2D eigenvalue weighted by Crippen LogP contribution is 2.27. The molecule has 5 rings (SSSR count). The van der Waals surface area contributed by atoms with Crippen molar-refractivity contribution in [3.05, 3.63) is 115 Å². The summed E-state index contributed by atoms with van der Waals surface area (Å²) in [5.74, 6) is 0. The van der Waals surface area contributed by atoms with Crippen molar-refractivity contribution < 1.29 is 4.57 Å². The first-order valence-corrected chi connectivity index (χ1v) is 10.3. The molecule has 0 saturated heterocycles. The maximum absolute atomic E-state index is 2.31. The van der Waals surface area contributed by atoms with E-state index >= 15 is 0 Å². The van der Waals surface area contributed by atoms with Crippen molar-refractivity contribution in [3.63, 3.8) is 0 Å². The third-order valence-electron chi connectivity index (χ3n) is 6.12. The molecule has 0 aliphatic carbocycles. The molecule has 0 unspecified atom stereocenters. The van der Waals surface area contributed by atoms with Crippen LogP contribution in [0.15, 0.2) is 104 Å². The molecule has 0 amide bonds. The highest BCUT2D eigenvalue weighted by molar-refractivity contribution is 5.86. The van der Waals surface area contributed by atoms with Crippen LogP contribution in [0.4, 0.5) is 0 Å². The lowest BCUT2D eigenvalue weighted by Gasteiger charge is -2.13. The molecule has 5 aromatic rings. The molecular weight excluding hydrogens is 352 g/mol. The Labute approximate surface area is 171 Å². The zero-order chi connectivity index (χ0) is 19.8. The van der Waals surface area contributed by atoms with Gasteiger partial charge in [-0.3, -0.25) is 0 Å². The number of nitrogens with zero attached hydrogens (tertiary/aromatic N) is 2. The van der Waals surface area contributed by atoms with E-state index in [2.05, 4.69) is 127 Å². The largest absolute Gasteiger partial charge is 0.244 e. The first-order valence-electron chi connectivity index (χ1n) is 10.3. The Hall–Kier alpha value is -3.39. The Morgan fingerprint density at radius 3 is 1.90 bits per heavy atom. The molecule has 1 heterocycles. The van der Waals surface area contributed by atoms with Crippen molar-refractivity contribution in [2.45, 2.75) is 25.9 Å². The molecule has 0 bridgehead atoms. The smallest absolute Gasteiger partial charge is 0.230 e. The third-order valence-corrected chi connectivity index (χ3v) is 6.12. The Kier molecular flexibility index (Phi) is 4.40. The Bertz CT molecular complexity index is 1190. The van der Waals surface area contributed by atoms with E-state index in [4.69, 9.17) is 0 Å². The summed E-state index contributed by atoms with van der Waals surface area (Å²) in [5.41, 5.74) is 2.70. The third kappa shape index (κ3) is 3.11. The van der Waals surface area contributed by atoms with Crippen molar-refractivity contribution in [2.24, 2.45) is 0 Å². The van der Waals surface area contributed by atoms with Crippen LogP contribution in [0.1, 0.15) is 37.1 Å². The van der Waals surface area contributed by atoms with E-state index in [-0.39, 0.29) is 12.1 Å². The van der Waals surface area contributed by atoms with Gasteiger partial charge in [0.15, 0.2) is 0 Å². The fourth-order valence-corrected chi connectivity index (χ4v) is 4.39. The average Bonchev–Trinajstić information content (AvgIpc) is 3.28. The number of fused-ring (bicyclic) bond motifs is 2.